The second kappa shape index (κ2) is 12.1. The summed E-state index contributed by atoms with van der Waals surface area (Å²) in [6, 6.07) is 7.23. The second-order valence-electron chi connectivity index (χ2n) is 7.68. The summed E-state index contributed by atoms with van der Waals surface area (Å²) in [5.74, 6) is -2.45. The Morgan fingerprint density at radius 3 is 2.36 bits per heavy atom. The van der Waals surface area contributed by atoms with Crippen molar-refractivity contribution >= 4 is 74.6 Å². The van der Waals surface area contributed by atoms with E-state index in [2.05, 4.69) is 71.4 Å². The zero-order chi connectivity index (χ0) is 26.5. The number of nitrogens with one attached hydrogen (secondary N) is 4. The van der Waals surface area contributed by atoms with Crippen LogP contribution in [0.1, 0.15) is 33.9 Å². The molecule has 0 aliphatic carbocycles. The highest BCUT2D eigenvalue weighted by molar-refractivity contribution is 14.1. The molecule has 2 amide bonds. The van der Waals surface area contributed by atoms with Crippen molar-refractivity contribution in [2.24, 2.45) is 4.99 Å². The average molecular weight is 729 g/mol. The van der Waals surface area contributed by atoms with Crippen LogP contribution in [0.15, 0.2) is 41.4 Å². The summed E-state index contributed by atoms with van der Waals surface area (Å²) in [5, 5.41) is 19.7. The SMILES string of the molecule is O=C(O)CC(NC(=O)CNC(=O)c1cc(NC2=NCCN2)cc(C(F)(F)F)c1)c1cc(I)cc(I)c1. The summed E-state index contributed by atoms with van der Waals surface area (Å²) in [7, 11) is 0. The molecule has 1 atom stereocenters. The van der Waals surface area contributed by atoms with E-state index in [1.807, 2.05) is 6.07 Å². The topological polar surface area (TPSA) is 132 Å². The third-order valence-corrected chi connectivity index (χ3v) is 6.12. The van der Waals surface area contributed by atoms with Gasteiger partial charge in [0.1, 0.15) is 0 Å². The molecule has 5 N–H and O–H groups in total. The molecule has 192 valence electrons. The van der Waals surface area contributed by atoms with E-state index in [1.54, 1.807) is 12.1 Å². The zero-order valence-electron chi connectivity index (χ0n) is 18.4. The molecule has 1 unspecified atom stereocenters. The smallest absolute Gasteiger partial charge is 0.416 e. The maximum Gasteiger partial charge on any atom is 0.416 e. The fraction of sp³-hybridized carbons (Fsp3) is 0.273. The Morgan fingerprint density at radius 1 is 1.08 bits per heavy atom. The second-order valence-corrected chi connectivity index (χ2v) is 10.2. The number of aliphatic carboxylic acids is 1. The van der Waals surface area contributed by atoms with Gasteiger partial charge < -0.3 is 26.4 Å². The number of aliphatic imine (C=N–C) groups is 1. The van der Waals surface area contributed by atoms with Crippen LogP contribution in [0.25, 0.3) is 0 Å². The van der Waals surface area contributed by atoms with Crippen molar-refractivity contribution in [3.8, 4) is 0 Å². The summed E-state index contributed by atoms with van der Waals surface area (Å²) in [6.45, 7) is 0.436. The fourth-order valence-electron chi connectivity index (χ4n) is 3.32. The Balaban J connectivity index is 1.71. The molecule has 0 radical (unpaired) electrons. The predicted octanol–water partition coefficient (Wildman–Crippen LogP) is 3.35. The largest absolute Gasteiger partial charge is 0.481 e. The van der Waals surface area contributed by atoms with Gasteiger partial charge >= 0.3 is 12.1 Å². The zero-order valence-corrected chi connectivity index (χ0v) is 22.7. The van der Waals surface area contributed by atoms with E-state index in [0.29, 0.717) is 24.7 Å². The number of rotatable bonds is 8. The Morgan fingerprint density at radius 2 is 1.78 bits per heavy atom. The highest BCUT2D eigenvalue weighted by atomic mass is 127. The van der Waals surface area contributed by atoms with Crippen molar-refractivity contribution in [2.45, 2.75) is 18.6 Å². The molecular formula is C22H20F3I2N5O4. The van der Waals surface area contributed by atoms with Gasteiger partial charge in [-0.15, -0.1) is 0 Å². The highest BCUT2D eigenvalue weighted by Crippen LogP contribution is 2.32. The molecule has 2 aromatic carbocycles. The van der Waals surface area contributed by atoms with Crippen molar-refractivity contribution in [3.05, 3.63) is 60.2 Å². The van der Waals surface area contributed by atoms with Gasteiger partial charge in [-0.2, -0.15) is 13.2 Å². The number of nitrogens with zero attached hydrogens (tertiary/aromatic N) is 1. The summed E-state index contributed by atoms with van der Waals surface area (Å²) in [4.78, 5) is 40.5. The van der Waals surface area contributed by atoms with Crippen molar-refractivity contribution in [1.29, 1.82) is 0 Å². The van der Waals surface area contributed by atoms with Crippen molar-refractivity contribution < 1.29 is 32.7 Å². The molecule has 1 aliphatic rings. The van der Waals surface area contributed by atoms with Crippen LogP contribution in [0.3, 0.4) is 0 Å². The van der Waals surface area contributed by atoms with Gasteiger partial charge in [0.05, 0.1) is 31.1 Å². The van der Waals surface area contributed by atoms with Gasteiger partial charge in [0.25, 0.3) is 5.91 Å². The van der Waals surface area contributed by atoms with Crippen LogP contribution >= 0.6 is 45.2 Å². The van der Waals surface area contributed by atoms with Crippen molar-refractivity contribution in [2.75, 3.05) is 25.0 Å². The molecule has 0 saturated carbocycles. The Labute approximate surface area is 231 Å². The number of carboxylic acid groups (broad SMARTS) is 1. The quantitative estimate of drug-likeness (QED) is 0.265. The molecule has 9 nitrogen and oxygen atoms in total. The molecule has 0 spiro atoms. The number of carbonyl (C=O) groups excluding carboxylic acids is 2. The first-order valence-corrected chi connectivity index (χ1v) is 12.6. The Kier molecular flexibility index (Phi) is 9.37. The molecule has 1 aliphatic heterocycles. The highest BCUT2D eigenvalue weighted by Gasteiger charge is 2.32. The van der Waals surface area contributed by atoms with Gasteiger partial charge in [-0.05, 0) is 87.1 Å². The van der Waals surface area contributed by atoms with Crippen LogP contribution in [0.5, 0.6) is 0 Å². The van der Waals surface area contributed by atoms with E-state index < -0.39 is 48.5 Å². The fourth-order valence-corrected chi connectivity index (χ4v) is 5.31. The minimum absolute atomic E-state index is 0.00221. The first kappa shape index (κ1) is 27.9. The molecule has 3 rings (SSSR count). The molecule has 2 aromatic rings. The van der Waals surface area contributed by atoms with Crippen LogP contribution in [-0.2, 0) is 15.8 Å². The summed E-state index contributed by atoms with van der Waals surface area (Å²) in [5.41, 5.74) is -0.781. The van der Waals surface area contributed by atoms with Gasteiger partial charge in [0.2, 0.25) is 5.91 Å². The minimum Gasteiger partial charge on any atom is -0.481 e. The van der Waals surface area contributed by atoms with Crippen LogP contribution in [-0.4, -0.2) is 48.5 Å². The maximum atomic E-state index is 13.4. The maximum absolute atomic E-state index is 13.4. The van der Waals surface area contributed by atoms with E-state index in [0.717, 1.165) is 13.2 Å². The molecule has 0 fully saturated rings. The summed E-state index contributed by atoms with van der Waals surface area (Å²) < 4.78 is 41.9. The van der Waals surface area contributed by atoms with Crippen molar-refractivity contribution in [1.82, 2.24) is 16.0 Å². The van der Waals surface area contributed by atoms with Crippen LogP contribution in [0.2, 0.25) is 0 Å². The van der Waals surface area contributed by atoms with Gasteiger partial charge in [-0.1, -0.05) is 0 Å². The van der Waals surface area contributed by atoms with E-state index >= 15 is 0 Å². The van der Waals surface area contributed by atoms with E-state index in [1.165, 1.54) is 6.07 Å². The molecule has 36 heavy (non-hydrogen) atoms. The van der Waals surface area contributed by atoms with Gasteiger partial charge in [-0.3, -0.25) is 19.4 Å². The first-order chi connectivity index (χ1) is 16.9. The summed E-state index contributed by atoms with van der Waals surface area (Å²) in [6.07, 6.45) is -5.10. The number of amides is 2. The molecule has 0 aromatic heterocycles. The van der Waals surface area contributed by atoms with Crippen LogP contribution < -0.4 is 21.3 Å². The average Bonchev–Trinajstić information content (AvgIpc) is 3.28. The van der Waals surface area contributed by atoms with E-state index in [9.17, 15) is 32.7 Å². The van der Waals surface area contributed by atoms with Crippen molar-refractivity contribution in [3.63, 3.8) is 0 Å². The number of anilines is 1. The Hall–Kier alpha value is -2.63. The van der Waals surface area contributed by atoms with Gasteiger partial charge in [0.15, 0.2) is 5.96 Å². The molecule has 1 heterocycles. The standard InChI is InChI=1S/C22H20F3I2N5O4/c23-22(24,25)13-3-12(6-16(7-13)31-21-28-1-2-29-21)20(36)30-10-18(33)32-17(9-19(34)35)11-4-14(26)8-15(27)5-11/h3-8,17H,1-2,9-10H2,(H,30,36)(H,32,33)(H,34,35)(H2,28,29,31). The normalized spacial score (nSPS) is 13.9. The molecule has 0 bridgehead atoms. The Bertz CT molecular complexity index is 1190. The lowest BCUT2D eigenvalue weighted by atomic mass is 10.0. The van der Waals surface area contributed by atoms with Gasteiger partial charge in [0, 0.05) is 24.9 Å². The number of carbonyl (C=O) groups is 3. The van der Waals surface area contributed by atoms with Crippen LogP contribution in [0, 0.1) is 7.14 Å². The number of guanidine groups is 1. The number of hydrogen-bond donors (Lipinski definition) is 5. The molecule has 14 heteroatoms. The molecular weight excluding hydrogens is 709 g/mol. The first-order valence-electron chi connectivity index (χ1n) is 10.4. The lowest BCUT2D eigenvalue weighted by Gasteiger charge is -2.19. The van der Waals surface area contributed by atoms with Gasteiger partial charge in [-0.25, -0.2) is 0 Å². The third kappa shape index (κ3) is 8.21. The third-order valence-electron chi connectivity index (χ3n) is 4.87. The number of benzene rings is 2. The predicted molar refractivity (Wildman–Crippen MR) is 143 cm³/mol. The minimum atomic E-state index is -4.70. The van der Waals surface area contributed by atoms with E-state index in [4.69, 9.17) is 0 Å². The molecule has 0 saturated heterocycles. The van der Waals surface area contributed by atoms with Crippen LogP contribution in [0.4, 0.5) is 18.9 Å². The lowest BCUT2D eigenvalue weighted by Crippen LogP contribution is -2.39. The summed E-state index contributed by atoms with van der Waals surface area (Å²) >= 11 is 4.14. The lowest BCUT2D eigenvalue weighted by molar-refractivity contribution is -0.138. The monoisotopic (exact) mass is 729 g/mol. The van der Waals surface area contributed by atoms with E-state index in [-0.39, 0.29) is 17.2 Å². The number of hydrogen-bond acceptors (Lipinski definition) is 6. The number of alkyl halides is 3. The number of carboxylic acids is 1. The number of halogens is 5.